The van der Waals surface area contributed by atoms with Gasteiger partial charge in [0.1, 0.15) is 11.6 Å². The first kappa shape index (κ1) is 25.1. The van der Waals surface area contributed by atoms with Crippen molar-refractivity contribution in [1.29, 1.82) is 0 Å². The van der Waals surface area contributed by atoms with Gasteiger partial charge in [-0.2, -0.15) is 9.97 Å². The van der Waals surface area contributed by atoms with E-state index >= 15 is 0 Å². The first-order valence-corrected chi connectivity index (χ1v) is 13.5. The standard InChI is InChI=1S/C28H36N8S/c1-22(2)29-28(37)32-27-30-25(35-17-13-33(14-18-35)23-9-5-3-6-10-23)21-26(31-27)36-19-15-34(16-20-36)24-11-7-4-8-12-24/h3-12,21-22H,13-20H2,1-2H3,(H2,29,30,31,32,37). The molecule has 2 aliphatic heterocycles. The maximum absolute atomic E-state index is 5.51. The van der Waals surface area contributed by atoms with Crippen LogP contribution in [0, 0.1) is 0 Å². The molecule has 0 atom stereocenters. The summed E-state index contributed by atoms with van der Waals surface area (Å²) in [5, 5.41) is 7.00. The molecule has 0 aliphatic carbocycles. The lowest BCUT2D eigenvalue weighted by atomic mass is 10.2. The fraction of sp³-hybridized carbons (Fsp3) is 0.393. The molecule has 2 aromatic carbocycles. The Labute approximate surface area is 225 Å². The summed E-state index contributed by atoms with van der Waals surface area (Å²) in [6, 6.07) is 23.6. The quantitative estimate of drug-likeness (QED) is 0.476. The van der Waals surface area contributed by atoms with Crippen molar-refractivity contribution in [2.45, 2.75) is 19.9 Å². The van der Waals surface area contributed by atoms with Crippen LogP contribution in [-0.4, -0.2) is 73.5 Å². The molecule has 1 aromatic heterocycles. The van der Waals surface area contributed by atoms with E-state index in [1.54, 1.807) is 0 Å². The summed E-state index contributed by atoms with van der Waals surface area (Å²) in [6.07, 6.45) is 0. The van der Waals surface area contributed by atoms with Crippen molar-refractivity contribution in [3.63, 3.8) is 0 Å². The zero-order valence-electron chi connectivity index (χ0n) is 21.7. The molecular weight excluding hydrogens is 480 g/mol. The lowest BCUT2D eigenvalue weighted by Crippen LogP contribution is -2.48. The van der Waals surface area contributed by atoms with Crippen LogP contribution in [0.15, 0.2) is 66.7 Å². The first-order chi connectivity index (χ1) is 18.0. The number of para-hydroxylation sites is 2. The van der Waals surface area contributed by atoms with Crippen LogP contribution in [0.4, 0.5) is 29.0 Å². The SMILES string of the molecule is CC(C)NC(=S)Nc1nc(N2CCN(c3ccccc3)CC2)cc(N2CCN(c3ccccc3)CC2)n1. The molecule has 8 nitrogen and oxygen atoms in total. The van der Waals surface area contributed by atoms with E-state index in [1.807, 2.05) is 0 Å². The number of piperazine rings is 2. The summed E-state index contributed by atoms with van der Waals surface area (Å²) in [5.74, 6) is 2.43. The number of hydrogen-bond acceptors (Lipinski definition) is 7. The van der Waals surface area contributed by atoms with E-state index < -0.39 is 0 Å². The highest BCUT2D eigenvalue weighted by atomic mass is 32.1. The van der Waals surface area contributed by atoms with Crippen molar-refractivity contribution < 1.29 is 0 Å². The van der Waals surface area contributed by atoms with Crippen molar-refractivity contribution in [2.24, 2.45) is 0 Å². The third kappa shape index (κ3) is 6.40. The van der Waals surface area contributed by atoms with E-state index in [1.165, 1.54) is 11.4 Å². The molecule has 2 N–H and O–H groups in total. The number of thiocarbonyl (C=S) groups is 1. The lowest BCUT2D eigenvalue weighted by Gasteiger charge is -2.38. The number of benzene rings is 2. The second kappa shape index (κ2) is 11.6. The minimum Gasteiger partial charge on any atom is -0.368 e. The van der Waals surface area contributed by atoms with Crippen molar-refractivity contribution >= 4 is 46.3 Å². The number of anilines is 5. The average Bonchev–Trinajstić information content (AvgIpc) is 2.93. The molecular formula is C28H36N8S. The summed E-state index contributed by atoms with van der Waals surface area (Å²) < 4.78 is 0. The Morgan fingerprint density at radius 1 is 0.676 bits per heavy atom. The highest BCUT2D eigenvalue weighted by molar-refractivity contribution is 7.80. The molecule has 3 aromatic rings. The smallest absolute Gasteiger partial charge is 0.232 e. The van der Waals surface area contributed by atoms with Crippen LogP contribution in [0.1, 0.15) is 13.8 Å². The molecule has 0 radical (unpaired) electrons. The van der Waals surface area contributed by atoms with Gasteiger partial charge in [0.05, 0.1) is 0 Å². The summed E-state index contributed by atoms with van der Waals surface area (Å²) in [7, 11) is 0. The van der Waals surface area contributed by atoms with Crippen molar-refractivity contribution in [3.05, 3.63) is 66.7 Å². The Morgan fingerprint density at radius 3 is 1.49 bits per heavy atom. The number of rotatable bonds is 6. The van der Waals surface area contributed by atoms with Crippen molar-refractivity contribution in [3.8, 4) is 0 Å². The van der Waals surface area contributed by atoms with E-state index in [-0.39, 0.29) is 6.04 Å². The number of nitrogens with zero attached hydrogens (tertiary/aromatic N) is 6. The van der Waals surface area contributed by atoms with Gasteiger partial charge in [-0.1, -0.05) is 36.4 Å². The maximum atomic E-state index is 5.51. The molecule has 37 heavy (non-hydrogen) atoms. The van der Waals surface area contributed by atoms with Crippen LogP contribution in [-0.2, 0) is 0 Å². The van der Waals surface area contributed by atoms with Gasteiger partial charge in [0.2, 0.25) is 5.95 Å². The molecule has 0 bridgehead atoms. The molecule has 0 spiro atoms. The van der Waals surface area contributed by atoms with Gasteiger partial charge in [-0.05, 0) is 50.3 Å². The highest BCUT2D eigenvalue weighted by Gasteiger charge is 2.23. The van der Waals surface area contributed by atoms with E-state index in [9.17, 15) is 0 Å². The van der Waals surface area contributed by atoms with Gasteiger partial charge < -0.3 is 30.2 Å². The normalized spacial score (nSPS) is 16.2. The lowest BCUT2D eigenvalue weighted by molar-refractivity contribution is 0.639. The Hall–Kier alpha value is -3.59. The van der Waals surface area contributed by atoms with E-state index in [4.69, 9.17) is 22.2 Å². The monoisotopic (exact) mass is 516 g/mol. The van der Waals surface area contributed by atoms with Gasteiger partial charge in [0.25, 0.3) is 0 Å². The number of nitrogens with one attached hydrogen (secondary N) is 2. The van der Waals surface area contributed by atoms with Gasteiger partial charge >= 0.3 is 0 Å². The average molecular weight is 517 g/mol. The molecule has 2 fully saturated rings. The number of aromatic nitrogens is 2. The van der Waals surface area contributed by atoms with Crippen molar-refractivity contribution in [2.75, 3.05) is 77.3 Å². The molecule has 5 rings (SSSR count). The largest absolute Gasteiger partial charge is 0.368 e. The van der Waals surface area contributed by atoms with E-state index in [0.717, 1.165) is 64.0 Å². The molecule has 0 unspecified atom stereocenters. The third-order valence-corrected chi connectivity index (χ3v) is 7.01. The zero-order valence-corrected chi connectivity index (χ0v) is 22.5. The predicted molar refractivity (Wildman–Crippen MR) is 158 cm³/mol. The Kier molecular flexibility index (Phi) is 7.89. The Bertz CT molecular complexity index is 1080. The van der Waals surface area contributed by atoms with Crippen LogP contribution in [0.25, 0.3) is 0 Å². The maximum Gasteiger partial charge on any atom is 0.232 e. The first-order valence-electron chi connectivity index (χ1n) is 13.1. The molecule has 3 heterocycles. The Balaban J connectivity index is 1.32. The molecule has 2 aliphatic rings. The van der Waals surface area contributed by atoms with Gasteiger partial charge in [0, 0.05) is 75.8 Å². The molecule has 0 saturated carbocycles. The molecule has 2 saturated heterocycles. The predicted octanol–water partition coefficient (Wildman–Crippen LogP) is 3.82. The van der Waals surface area contributed by atoms with Gasteiger partial charge in [0.15, 0.2) is 5.11 Å². The topological polar surface area (TPSA) is 62.8 Å². The van der Waals surface area contributed by atoms with Crippen molar-refractivity contribution in [1.82, 2.24) is 15.3 Å². The summed E-state index contributed by atoms with van der Waals surface area (Å²) in [6.45, 7) is 11.6. The summed E-state index contributed by atoms with van der Waals surface area (Å²) in [4.78, 5) is 19.3. The zero-order chi connectivity index (χ0) is 25.6. The Morgan fingerprint density at radius 2 is 1.08 bits per heavy atom. The van der Waals surface area contributed by atoms with Gasteiger partial charge in [-0.25, -0.2) is 0 Å². The fourth-order valence-electron chi connectivity index (χ4n) is 4.87. The molecule has 9 heteroatoms. The van der Waals surface area contributed by atoms with Crippen LogP contribution < -0.4 is 30.2 Å². The van der Waals surface area contributed by atoms with Crippen LogP contribution in [0.5, 0.6) is 0 Å². The summed E-state index contributed by atoms with van der Waals surface area (Å²) in [5.41, 5.74) is 2.54. The second-order valence-corrected chi connectivity index (χ2v) is 10.2. The minimum absolute atomic E-state index is 0.236. The van der Waals surface area contributed by atoms with Gasteiger partial charge in [-0.15, -0.1) is 0 Å². The fourth-order valence-corrected chi connectivity index (χ4v) is 5.19. The highest BCUT2D eigenvalue weighted by Crippen LogP contribution is 2.26. The van der Waals surface area contributed by atoms with Crippen LogP contribution in [0.3, 0.4) is 0 Å². The van der Waals surface area contributed by atoms with Crippen LogP contribution >= 0.6 is 12.2 Å². The second-order valence-electron chi connectivity index (χ2n) is 9.78. The van der Waals surface area contributed by atoms with Crippen LogP contribution in [0.2, 0.25) is 0 Å². The van der Waals surface area contributed by atoms with Gasteiger partial charge in [-0.3, -0.25) is 0 Å². The number of hydrogen-bond donors (Lipinski definition) is 2. The minimum atomic E-state index is 0.236. The van der Waals surface area contributed by atoms with E-state index in [2.05, 4.69) is 111 Å². The summed E-state index contributed by atoms with van der Waals surface area (Å²) >= 11 is 5.51. The van der Waals surface area contributed by atoms with E-state index in [0.29, 0.717) is 11.1 Å². The molecule has 0 amide bonds. The molecule has 194 valence electrons. The third-order valence-electron chi connectivity index (χ3n) is 6.79.